The summed E-state index contributed by atoms with van der Waals surface area (Å²) in [5.74, 6) is 0. The van der Waals surface area contributed by atoms with Crippen LogP contribution in [0.2, 0.25) is 0 Å². The molecule has 0 aliphatic heterocycles. The molecule has 0 unspecified atom stereocenters. The van der Waals surface area contributed by atoms with Crippen LogP contribution in [0, 0.1) is 17.9 Å². The second kappa shape index (κ2) is 28.1. The van der Waals surface area contributed by atoms with E-state index < -0.39 is 0 Å². The van der Waals surface area contributed by atoms with Crippen molar-refractivity contribution >= 4 is 178 Å². The zero-order chi connectivity index (χ0) is 80.6. The van der Waals surface area contributed by atoms with Gasteiger partial charge in [0, 0.05) is 32.7 Å². The summed E-state index contributed by atoms with van der Waals surface area (Å²) >= 11 is 0. The van der Waals surface area contributed by atoms with Crippen molar-refractivity contribution in [2.75, 3.05) is 0 Å². The van der Waals surface area contributed by atoms with Crippen molar-refractivity contribution < 1.29 is 0 Å². The summed E-state index contributed by atoms with van der Waals surface area (Å²) in [5.41, 5.74) is 18.4. The Labute approximate surface area is 702 Å². The van der Waals surface area contributed by atoms with E-state index in [1.165, 1.54) is 129 Å². The van der Waals surface area contributed by atoms with Crippen LogP contribution in [0.25, 0.3) is 256 Å². The highest BCUT2D eigenvalue weighted by molar-refractivity contribution is 6.31. The van der Waals surface area contributed by atoms with Gasteiger partial charge in [0.05, 0.1) is 40.6 Å². The van der Waals surface area contributed by atoms with E-state index in [0.717, 1.165) is 122 Å². The van der Waals surface area contributed by atoms with Gasteiger partial charge < -0.3 is 0 Å². The molecule has 0 amide bonds. The van der Waals surface area contributed by atoms with Gasteiger partial charge in [-0.05, 0) is 262 Å². The van der Waals surface area contributed by atoms with E-state index in [1.807, 2.05) is 42.5 Å². The molecule has 4 nitrogen and oxygen atoms in total. The number of pyridine rings is 2. The molecule has 0 atom stereocenters. The van der Waals surface area contributed by atoms with Gasteiger partial charge in [-0.3, -0.25) is 0 Å². The molecule has 560 valence electrons. The number of nitrogens with zero attached hydrogens (tertiary/aromatic N) is 4. The SMILES string of the molecule is N#Cc1ccc(-c2ccc(-c3cc4c(-c5ccc6c7ccccc7c7ccccc7c6c5)cc(-c5ccc6c7ccccc7c7ccccc7c6c5)nc4c4ccccc34)cc2)cc1.[C-]#[N+]c1cccc(-c2cc3c(-c4ccc5c6ccccc6c6ccccc6c5c4)cc(-c4ccc5c6ccccc6c6ccccc6c5c4)nc3c3ccccc23)c1. The third kappa shape index (κ3) is 11.2. The van der Waals surface area contributed by atoms with Gasteiger partial charge in [-0.15, -0.1) is 0 Å². The number of fused-ring (bicyclic) bond motifs is 30. The maximum absolute atomic E-state index is 9.37. The van der Waals surface area contributed by atoms with Gasteiger partial charge in [0.25, 0.3) is 0 Å². The van der Waals surface area contributed by atoms with Crippen LogP contribution in [-0.2, 0) is 0 Å². The van der Waals surface area contributed by atoms with Crippen LogP contribution in [0.5, 0.6) is 0 Å². The summed E-state index contributed by atoms with van der Waals surface area (Å²) in [5, 5.41) is 46.0. The third-order valence-electron chi connectivity index (χ3n) is 25.7. The molecule has 122 heavy (non-hydrogen) atoms. The summed E-state index contributed by atoms with van der Waals surface area (Å²) in [7, 11) is 0. The van der Waals surface area contributed by atoms with Gasteiger partial charge in [-0.25, -0.2) is 14.8 Å². The quantitative estimate of drug-likeness (QED) is 0.118. The fourth-order valence-electron chi connectivity index (χ4n) is 20.0. The molecule has 0 N–H and O–H groups in total. The van der Waals surface area contributed by atoms with Crippen LogP contribution >= 0.6 is 0 Å². The van der Waals surface area contributed by atoms with Gasteiger partial charge in [0.15, 0.2) is 5.69 Å². The van der Waals surface area contributed by atoms with Gasteiger partial charge in [-0.1, -0.05) is 346 Å². The lowest BCUT2D eigenvalue weighted by molar-refractivity contribution is 1.41. The Balaban J connectivity index is 0.000000139. The molecule has 0 aliphatic rings. The Hall–Kier alpha value is -16.5. The number of hydrogen-bond acceptors (Lipinski definition) is 3. The number of rotatable bonds is 7. The summed E-state index contributed by atoms with van der Waals surface area (Å²) < 4.78 is 0. The van der Waals surface area contributed by atoms with E-state index in [-0.39, 0.29) is 0 Å². The van der Waals surface area contributed by atoms with Crippen LogP contribution in [0.3, 0.4) is 0 Å². The second-order valence-electron chi connectivity index (χ2n) is 32.2. The zero-order valence-corrected chi connectivity index (χ0v) is 66.0. The lowest BCUT2D eigenvalue weighted by Crippen LogP contribution is -1.94. The molecule has 23 aromatic carbocycles. The van der Waals surface area contributed by atoms with Crippen LogP contribution in [0.15, 0.2) is 413 Å². The highest BCUT2D eigenvalue weighted by atomic mass is 14.7. The minimum absolute atomic E-state index is 0.626. The second-order valence-corrected chi connectivity index (χ2v) is 32.2. The minimum Gasteiger partial charge on any atom is -0.247 e. The van der Waals surface area contributed by atoms with E-state index >= 15 is 0 Å². The van der Waals surface area contributed by atoms with Crippen LogP contribution in [-0.4, -0.2) is 9.97 Å². The predicted molar refractivity (Wildman–Crippen MR) is 518 cm³/mol. The van der Waals surface area contributed by atoms with E-state index in [9.17, 15) is 5.26 Å². The molecule has 0 saturated carbocycles. The minimum atomic E-state index is 0.626. The smallest absolute Gasteiger partial charge is 0.187 e. The first kappa shape index (κ1) is 69.8. The Bertz CT molecular complexity index is 8770. The lowest BCUT2D eigenvalue weighted by Gasteiger charge is -2.17. The van der Waals surface area contributed by atoms with E-state index in [0.29, 0.717) is 11.3 Å². The molecular weight excluding hydrogens is 1470 g/mol. The normalized spacial score (nSPS) is 11.8. The van der Waals surface area contributed by atoms with Crippen LogP contribution in [0.1, 0.15) is 5.56 Å². The fraction of sp³-hybridized carbons (Fsp3) is 0. The Morgan fingerprint density at radius 2 is 0.418 bits per heavy atom. The van der Waals surface area contributed by atoms with Crippen molar-refractivity contribution in [3.05, 3.63) is 429 Å². The molecule has 4 heteroatoms. The molecule has 0 saturated heterocycles. The van der Waals surface area contributed by atoms with Crippen molar-refractivity contribution in [1.82, 2.24) is 9.97 Å². The largest absolute Gasteiger partial charge is 0.247 e. The number of aromatic nitrogens is 2. The van der Waals surface area contributed by atoms with E-state index in [1.54, 1.807) is 0 Å². The topological polar surface area (TPSA) is 53.9 Å². The first-order chi connectivity index (χ1) is 60.4. The monoisotopic (exact) mass is 1540 g/mol. The van der Waals surface area contributed by atoms with Gasteiger partial charge >= 0.3 is 0 Å². The van der Waals surface area contributed by atoms with Crippen molar-refractivity contribution in [2.45, 2.75) is 0 Å². The maximum atomic E-state index is 9.37. The zero-order valence-electron chi connectivity index (χ0n) is 66.0. The molecule has 25 aromatic rings. The Morgan fingerprint density at radius 3 is 0.738 bits per heavy atom. The molecule has 0 radical (unpaired) electrons. The fourth-order valence-corrected chi connectivity index (χ4v) is 20.0. The predicted octanol–water partition coefficient (Wildman–Crippen LogP) is 32.7. The summed E-state index contributed by atoms with van der Waals surface area (Å²) in [4.78, 5) is 15.0. The molecule has 2 aromatic heterocycles. The molecule has 0 fully saturated rings. The highest BCUT2D eigenvalue weighted by Crippen LogP contribution is 2.49. The number of benzene rings is 23. The highest BCUT2D eigenvalue weighted by Gasteiger charge is 2.23. The summed E-state index contributed by atoms with van der Waals surface area (Å²) in [6, 6.07) is 151. The van der Waals surface area contributed by atoms with Gasteiger partial charge in [0.2, 0.25) is 0 Å². The third-order valence-corrected chi connectivity index (χ3v) is 25.7. The van der Waals surface area contributed by atoms with Crippen LogP contribution in [0.4, 0.5) is 5.69 Å². The summed E-state index contributed by atoms with van der Waals surface area (Å²) in [6.07, 6.45) is 0. The lowest BCUT2D eigenvalue weighted by atomic mass is 9.88. The average Bonchev–Trinajstić information content (AvgIpc) is 0.761. The van der Waals surface area contributed by atoms with Crippen molar-refractivity contribution in [3.8, 4) is 84.2 Å². The Morgan fingerprint density at radius 1 is 0.180 bits per heavy atom. The summed E-state index contributed by atoms with van der Waals surface area (Å²) in [6.45, 7) is 7.77. The molecule has 0 aliphatic carbocycles. The van der Waals surface area contributed by atoms with Crippen molar-refractivity contribution in [2.24, 2.45) is 0 Å². The molecule has 0 bridgehead atoms. The van der Waals surface area contributed by atoms with E-state index in [4.69, 9.17) is 16.5 Å². The van der Waals surface area contributed by atoms with Gasteiger partial charge in [-0.2, -0.15) is 5.26 Å². The van der Waals surface area contributed by atoms with E-state index in [2.05, 4.69) is 381 Å². The standard InChI is InChI=1S/C62H36N2.C56H32N2/c63-37-38-21-23-39(24-22-38)40-25-27-41(28-26-40)56-35-60-57(42-29-31-53-48-15-3-1-11-44(48)46-13-5-7-17-50(46)58(53)33-42)36-61(64-62(60)55-20-10-9-19-52(55)56)43-30-32-54-49-16-4-2-12-45(49)47-14-6-8-18-51(47)59(54)34-43;1-57-37-14-12-13-34(29-37)50-32-54-51(35-25-27-47-42-19-4-2-15-38(42)40-17-6-8-21-44(40)52(47)30-35)33-55(58-56(54)49-24-11-10-23-46(49)50)36-26-28-48-43-20-5-3-16-39(43)41-18-7-9-22-45(41)53(48)31-36/h1-36H;2-33H. The van der Waals surface area contributed by atoms with Crippen LogP contribution < -0.4 is 0 Å². The molecule has 25 rings (SSSR count). The number of hydrogen-bond donors (Lipinski definition) is 0. The molecule has 0 spiro atoms. The molecule has 2 heterocycles. The van der Waals surface area contributed by atoms with Crippen molar-refractivity contribution in [3.63, 3.8) is 0 Å². The van der Waals surface area contributed by atoms with Crippen molar-refractivity contribution in [1.29, 1.82) is 5.26 Å². The first-order valence-electron chi connectivity index (χ1n) is 41.6. The molecular formula is C118H68N4. The van der Waals surface area contributed by atoms with Gasteiger partial charge in [0.1, 0.15) is 0 Å². The first-order valence-corrected chi connectivity index (χ1v) is 41.6. The average molecular weight is 1540 g/mol. The maximum Gasteiger partial charge on any atom is 0.187 e. The Kier molecular flexibility index (Phi) is 16.1. The number of nitriles is 1.